The largest absolute Gasteiger partial charge is 0.360 e. The van der Waals surface area contributed by atoms with E-state index >= 15 is 0 Å². The van der Waals surface area contributed by atoms with Crippen LogP contribution in [0.15, 0.2) is 12.3 Å². The number of hydrogen-bond donors (Lipinski definition) is 0. The highest BCUT2D eigenvalue weighted by Gasteiger charge is 2.20. The van der Waals surface area contributed by atoms with Crippen LogP contribution in [0.25, 0.3) is 0 Å². The highest BCUT2D eigenvalue weighted by atomic mass is 15.2. The maximum absolute atomic E-state index is 4.45. The molecular formula is C15H29N3. The minimum Gasteiger partial charge on any atom is -0.360 e. The van der Waals surface area contributed by atoms with E-state index in [-0.39, 0.29) is 0 Å². The highest BCUT2D eigenvalue weighted by molar-refractivity contribution is 5.51. The van der Waals surface area contributed by atoms with Crippen molar-refractivity contribution < 1.29 is 0 Å². The summed E-state index contributed by atoms with van der Waals surface area (Å²) in [4.78, 5) is 8.98. The van der Waals surface area contributed by atoms with Gasteiger partial charge in [-0.3, -0.25) is 4.90 Å². The smallest absolute Gasteiger partial charge is 0.133 e. The van der Waals surface area contributed by atoms with Crippen LogP contribution < -0.4 is 4.90 Å². The van der Waals surface area contributed by atoms with Gasteiger partial charge in [0.2, 0.25) is 0 Å². The fourth-order valence-electron chi connectivity index (χ4n) is 1.94. The molecule has 0 N–H and O–H groups in total. The summed E-state index contributed by atoms with van der Waals surface area (Å²) >= 11 is 0. The Balaban J connectivity index is 0.000000659. The molecule has 1 aliphatic heterocycles. The first kappa shape index (κ1) is 16.9. The zero-order valence-electron chi connectivity index (χ0n) is 13.1. The van der Waals surface area contributed by atoms with Crippen molar-refractivity contribution in [1.29, 1.82) is 0 Å². The number of rotatable bonds is 2. The Kier molecular flexibility index (Phi) is 8.38. The Morgan fingerprint density at radius 1 is 1.22 bits per heavy atom. The van der Waals surface area contributed by atoms with Gasteiger partial charge in [0, 0.05) is 38.4 Å². The van der Waals surface area contributed by atoms with Crippen LogP contribution in [0.1, 0.15) is 45.7 Å². The van der Waals surface area contributed by atoms with Crippen molar-refractivity contribution in [1.82, 2.24) is 9.88 Å². The summed E-state index contributed by atoms with van der Waals surface area (Å²) in [6, 6.07) is 2.13. The van der Waals surface area contributed by atoms with Gasteiger partial charge in [0.05, 0.1) is 0 Å². The highest BCUT2D eigenvalue weighted by Crippen LogP contribution is 2.27. The molecule has 1 aromatic rings. The zero-order valence-corrected chi connectivity index (χ0v) is 13.1. The van der Waals surface area contributed by atoms with Crippen molar-refractivity contribution in [2.75, 3.05) is 25.5 Å². The topological polar surface area (TPSA) is 19.4 Å². The number of fused-ring (bicyclic) bond motifs is 1. The fourth-order valence-corrected chi connectivity index (χ4v) is 1.94. The van der Waals surface area contributed by atoms with Crippen LogP contribution in [-0.2, 0) is 13.1 Å². The minimum absolute atomic E-state index is 1.01. The number of anilines is 1. The first-order valence-electron chi connectivity index (χ1n) is 7.08. The molecule has 0 amide bonds. The molecule has 3 nitrogen and oxygen atoms in total. The lowest BCUT2D eigenvalue weighted by Gasteiger charge is -2.18. The van der Waals surface area contributed by atoms with E-state index in [0.29, 0.717) is 0 Å². The summed E-state index contributed by atoms with van der Waals surface area (Å²) < 4.78 is 0. The van der Waals surface area contributed by atoms with Gasteiger partial charge in [-0.2, -0.15) is 0 Å². The van der Waals surface area contributed by atoms with Gasteiger partial charge in [-0.25, -0.2) is 4.98 Å². The first-order valence-corrected chi connectivity index (χ1v) is 7.08. The zero-order chi connectivity index (χ0) is 14.1. The predicted molar refractivity (Wildman–Crippen MR) is 81.0 cm³/mol. The molecule has 1 aromatic heterocycles. The molecule has 0 aliphatic carbocycles. The number of pyridine rings is 1. The van der Waals surface area contributed by atoms with E-state index in [9.17, 15) is 0 Å². The average molecular weight is 251 g/mol. The quantitative estimate of drug-likeness (QED) is 0.801. The summed E-state index contributed by atoms with van der Waals surface area (Å²) in [5, 5.41) is 0. The molecule has 0 saturated heterocycles. The molecule has 0 spiro atoms. The number of aromatic nitrogens is 1. The molecule has 104 valence electrons. The van der Waals surface area contributed by atoms with E-state index in [0.717, 1.165) is 25.5 Å². The lowest BCUT2D eigenvalue weighted by atomic mass is 10.1. The normalized spacial score (nSPS) is 12.8. The van der Waals surface area contributed by atoms with Crippen molar-refractivity contribution in [2.24, 2.45) is 0 Å². The maximum Gasteiger partial charge on any atom is 0.133 e. The molecule has 0 unspecified atom stereocenters. The van der Waals surface area contributed by atoms with Crippen molar-refractivity contribution >= 4 is 5.82 Å². The number of hydrogen-bond acceptors (Lipinski definition) is 3. The molecule has 0 radical (unpaired) electrons. The second-order valence-corrected chi connectivity index (χ2v) is 3.96. The molecule has 2 rings (SSSR count). The fraction of sp³-hybridized carbons (Fsp3) is 0.667. The maximum atomic E-state index is 4.45. The Labute approximate surface area is 113 Å². The van der Waals surface area contributed by atoms with Gasteiger partial charge in [-0.1, -0.05) is 27.7 Å². The predicted octanol–water partition coefficient (Wildman–Crippen LogP) is 3.54. The van der Waals surface area contributed by atoms with Crippen LogP contribution in [0.2, 0.25) is 0 Å². The van der Waals surface area contributed by atoms with Crippen LogP contribution >= 0.6 is 0 Å². The Morgan fingerprint density at radius 3 is 2.39 bits per heavy atom. The van der Waals surface area contributed by atoms with Crippen molar-refractivity contribution in [2.45, 2.75) is 47.7 Å². The van der Waals surface area contributed by atoms with E-state index in [1.165, 1.54) is 11.1 Å². The summed E-state index contributed by atoms with van der Waals surface area (Å²) in [6.45, 7) is 13.2. The standard InChI is InChI=1S/C11H17N3.2C2H6/c1-4-14(3)11-10-8-13(2)7-9(10)5-6-12-11;2*1-2/h5-6H,4,7-8H2,1-3H3;2*1-2H3. The third-order valence-corrected chi connectivity index (χ3v) is 2.83. The average Bonchev–Trinajstić information content (AvgIpc) is 2.82. The summed E-state index contributed by atoms with van der Waals surface area (Å²) in [6.07, 6.45) is 1.92. The third kappa shape index (κ3) is 3.98. The monoisotopic (exact) mass is 251 g/mol. The number of nitrogens with zero attached hydrogens (tertiary/aromatic N) is 3. The first-order chi connectivity index (χ1) is 8.72. The second kappa shape index (κ2) is 8.92. The second-order valence-electron chi connectivity index (χ2n) is 3.96. The Morgan fingerprint density at radius 2 is 1.83 bits per heavy atom. The van der Waals surface area contributed by atoms with Crippen molar-refractivity contribution in [3.8, 4) is 0 Å². The van der Waals surface area contributed by atoms with Gasteiger partial charge in [0.1, 0.15) is 5.82 Å². The molecule has 0 bridgehead atoms. The van der Waals surface area contributed by atoms with Crippen LogP contribution in [0, 0.1) is 0 Å². The van der Waals surface area contributed by atoms with Crippen LogP contribution in [0.3, 0.4) is 0 Å². The molecule has 0 aromatic carbocycles. The molecule has 2 heterocycles. The van der Waals surface area contributed by atoms with Gasteiger partial charge >= 0.3 is 0 Å². The summed E-state index contributed by atoms with van der Waals surface area (Å²) in [7, 11) is 4.25. The lowest BCUT2D eigenvalue weighted by Crippen LogP contribution is -2.19. The lowest BCUT2D eigenvalue weighted by molar-refractivity contribution is 0.353. The van der Waals surface area contributed by atoms with Gasteiger partial charge in [-0.15, -0.1) is 0 Å². The molecule has 0 atom stereocenters. The van der Waals surface area contributed by atoms with E-state index in [1.54, 1.807) is 0 Å². The molecular weight excluding hydrogens is 222 g/mol. The van der Waals surface area contributed by atoms with Gasteiger partial charge in [0.25, 0.3) is 0 Å². The Bertz CT molecular complexity index is 337. The third-order valence-electron chi connectivity index (χ3n) is 2.83. The van der Waals surface area contributed by atoms with Crippen LogP contribution in [-0.4, -0.2) is 30.5 Å². The van der Waals surface area contributed by atoms with Gasteiger partial charge in [-0.05, 0) is 25.6 Å². The Hall–Kier alpha value is -1.09. The van der Waals surface area contributed by atoms with E-state index in [4.69, 9.17) is 0 Å². The molecule has 0 fully saturated rings. The van der Waals surface area contributed by atoms with Crippen LogP contribution in [0.4, 0.5) is 5.82 Å². The van der Waals surface area contributed by atoms with Crippen molar-refractivity contribution in [3.63, 3.8) is 0 Å². The van der Waals surface area contributed by atoms with Crippen LogP contribution in [0.5, 0.6) is 0 Å². The minimum atomic E-state index is 1.01. The van der Waals surface area contributed by atoms with E-state index in [2.05, 4.69) is 41.9 Å². The van der Waals surface area contributed by atoms with Crippen molar-refractivity contribution in [3.05, 3.63) is 23.4 Å². The molecule has 1 aliphatic rings. The van der Waals surface area contributed by atoms with E-state index in [1.807, 2.05) is 33.9 Å². The van der Waals surface area contributed by atoms with Gasteiger partial charge in [0.15, 0.2) is 0 Å². The summed E-state index contributed by atoms with van der Waals surface area (Å²) in [5.41, 5.74) is 2.83. The molecule has 18 heavy (non-hydrogen) atoms. The van der Waals surface area contributed by atoms with Gasteiger partial charge < -0.3 is 4.90 Å². The molecule has 3 heteroatoms. The van der Waals surface area contributed by atoms with E-state index < -0.39 is 0 Å². The summed E-state index contributed by atoms with van der Waals surface area (Å²) in [5.74, 6) is 1.15. The SMILES string of the molecule is CC.CC.CCN(C)c1nccc2c1CN(C)C2. The molecule has 0 saturated carbocycles.